The van der Waals surface area contributed by atoms with E-state index in [4.69, 9.17) is 9.47 Å². The van der Waals surface area contributed by atoms with Gasteiger partial charge in [0.05, 0.1) is 20.1 Å². The molecule has 0 unspecified atom stereocenters. The van der Waals surface area contributed by atoms with E-state index in [9.17, 15) is 14.0 Å². The fraction of sp³-hybridized carbons (Fsp3) is 0.417. The third-order valence-corrected chi connectivity index (χ3v) is 5.26. The molecule has 1 fully saturated rings. The van der Waals surface area contributed by atoms with E-state index < -0.39 is 0 Å². The molecule has 3 rings (SSSR count). The van der Waals surface area contributed by atoms with Crippen molar-refractivity contribution < 1.29 is 23.5 Å². The average molecular weight is 413 g/mol. The molecule has 0 bridgehead atoms. The minimum absolute atomic E-state index is 0.101. The van der Waals surface area contributed by atoms with Crippen LogP contribution in [0.3, 0.4) is 0 Å². The van der Waals surface area contributed by atoms with E-state index in [1.807, 2.05) is 19.1 Å². The van der Waals surface area contributed by atoms with Crippen molar-refractivity contribution in [1.82, 2.24) is 4.90 Å². The zero-order valence-electron chi connectivity index (χ0n) is 17.7. The van der Waals surface area contributed by atoms with E-state index in [-0.39, 0.29) is 30.0 Å². The molecule has 2 aromatic rings. The second kappa shape index (κ2) is 9.74. The van der Waals surface area contributed by atoms with Crippen molar-refractivity contribution >= 4 is 11.9 Å². The second-order valence-electron chi connectivity index (χ2n) is 7.44. The first-order valence-corrected chi connectivity index (χ1v) is 10.4. The van der Waals surface area contributed by atoms with E-state index in [0.29, 0.717) is 31.0 Å². The number of rotatable bonds is 9. The Morgan fingerprint density at radius 1 is 1.10 bits per heavy atom. The van der Waals surface area contributed by atoms with Gasteiger partial charge in [-0.3, -0.25) is 9.59 Å². The number of carbonyl (C=O) groups is 2. The molecule has 0 N–H and O–H groups in total. The Hall–Kier alpha value is -2.89. The number of methoxy groups -OCH3 is 1. The average Bonchev–Trinajstić information content (AvgIpc) is 3.57. The topological polar surface area (TPSA) is 55.8 Å². The molecular formula is C24H28FNO4. The highest BCUT2D eigenvalue weighted by atomic mass is 19.1. The normalized spacial score (nSPS) is 13.1. The molecule has 1 aliphatic carbocycles. The molecule has 1 saturated carbocycles. The summed E-state index contributed by atoms with van der Waals surface area (Å²) in [5, 5.41) is 0. The fourth-order valence-corrected chi connectivity index (χ4v) is 3.55. The van der Waals surface area contributed by atoms with E-state index in [1.54, 1.807) is 31.1 Å². The maximum Gasteiger partial charge on any atom is 0.310 e. The van der Waals surface area contributed by atoms with Crippen LogP contribution in [0.1, 0.15) is 37.8 Å². The maximum atomic E-state index is 14.1. The van der Waals surface area contributed by atoms with Crippen LogP contribution in [0.15, 0.2) is 36.4 Å². The number of hydrogen-bond acceptors (Lipinski definition) is 4. The zero-order chi connectivity index (χ0) is 21.7. The van der Waals surface area contributed by atoms with E-state index >= 15 is 0 Å². The molecule has 2 aromatic carbocycles. The number of hydrogen-bond donors (Lipinski definition) is 0. The summed E-state index contributed by atoms with van der Waals surface area (Å²) in [4.78, 5) is 26.3. The van der Waals surface area contributed by atoms with Gasteiger partial charge in [0.1, 0.15) is 11.6 Å². The van der Waals surface area contributed by atoms with Crippen molar-refractivity contribution in [3.63, 3.8) is 0 Å². The van der Waals surface area contributed by atoms with Crippen LogP contribution in [0.25, 0.3) is 11.1 Å². The van der Waals surface area contributed by atoms with E-state index in [2.05, 4.69) is 0 Å². The highest BCUT2D eigenvalue weighted by Crippen LogP contribution is 2.36. The lowest BCUT2D eigenvalue weighted by Crippen LogP contribution is -2.31. The summed E-state index contributed by atoms with van der Waals surface area (Å²) in [7, 11) is 1.57. The first kappa shape index (κ1) is 21.8. The SMILES string of the molecule is CCOC(=O)Cc1ccc(OC)c(-c2ccc(F)cc2CN(CC)C(=O)C2CC2)c1. The molecule has 1 amide bonds. The van der Waals surface area contributed by atoms with Crippen LogP contribution in [0.4, 0.5) is 4.39 Å². The lowest BCUT2D eigenvalue weighted by atomic mass is 9.95. The van der Waals surface area contributed by atoms with Gasteiger partial charge in [0.25, 0.3) is 0 Å². The standard InChI is InChI=1S/C24H28FNO4/c1-4-26(24(28)17-7-8-17)15-18-14-19(25)9-10-20(18)21-12-16(6-11-22(21)29-3)13-23(27)30-5-2/h6,9-12,14,17H,4-5,7-8,13,15H2,1-3H3. The molecule has 0 saturated heterocycles. The zero-order valence-corrected chi connectivity index (χ0v) is 17.7. The van der Waals surface area contributed by atoms with Gasteiger partial charge in [-0.1, -0.05) is 12.1 Å². The summed E-state index contributed by atoms with van der Waals surface area (Å²) in [6.07, 6.45) is 1.99. The molecule has 0 spiro atoms. The second-order valence-corrected chi connectivity index (χ2v) is 7.44. The minimum atomic E-state index is -0.356. The molecule has 0 heterocycles. The summed E-state index contributed by atoms with van der Waals surface area (Å²) in [5.41, 5.74) is 3.02. The Kier molecular flexibility index (Phi) is 7.08. The largest absolute Gasteiger partial charge is 0.496 e. The van der Waals surface area contributed by atoms with Crippen LogP contribution in [0, 0.1) is 11.7 Å². The van der Waals surface area contributed by atoms with E-state index in [1.165, 1.54) is 12.1 Å². The van der Waals surface area contributed by atoms with Gasteiger partial charge in [-0.15, -0.1) is 0 Å². The fourth-order valence-electron chi connectivity index (χ4n) is 3.55. The first-order valence-electron chi connectivity index (χ1n) is 10.4. The molecule has 160 valence electrons. The number of esters is 1. The van der Waals surface area contributed by atoms with Crippen LogP contribution in [-0.2, 0) is 27.3 Å². The number of nitrogens with zero attached hydrogens (tertiary/aromatic N) is 1. The number of ether oxygens (including phenoxy) is 2. The molecule has 0 radical (unpaired) electrons. The first-order chi connectivity index (χ1) is 14.5. The molecule has 6 heteroatoms. The molecule has 30 heavy (non-hydrogen) atoms. The Morgan fingerprint density at radius 2 is 1.87 bits per heavy atom. The number of carbonyl (C=O) groups excluding carboxylic acids is 2. The third kappa shape index (κ3) is 5.17. The summed E-state index contributed by atoms with van der Waals surface area (Å²) < 4.78 is 24.7. The summed E-state index contributed by atoms with van der Waals surface area (Å²) in [6, 6.07) is 10.0. The Balaban J connectivity index is 1.97. The van der Waals surface area contributed by atoms with Crippen LogP contribution < -0.4 is 4.74 Å². The van der Waals surface area contributed by atoms with Crippen molar-refractivity contribution in [2.45, 2.75) is 39.7 Å². The molecule has 5 nitrogen and oxygen atoms in total. The summed E-state index contributed by atoms with van der Waals surface area (Å²) in [5.74, 6) is 0.178. The number of amides is 1. The molecule has 0 aliphatic heterocycles. The van der Waals surface area contributed by atoms with Gasteiger partial charge in [-0.25, -0.2) is 4.39 Å². The number of halogens is 1. The van der Waals surface area contributed by atoms with Crippen LogP contribution in [-0.4, -0.2) is 37.0 Å². The van der Waals surface area contributed by atoms with Gasteiger partial charge < -0.3 is 14.4 Å². The predicted molar refractivity (Wildman–Crippen MR) is 113 cm³/mol. The van der Waals surface area contributed by atoms with E-state index in [0.717, 1.165) is 29.5 Å². The van der Waals surface area contributed by atoms with Gasteiger partial charge in [-0.05, 0) is 67.6 Å². The summed E-state index contributed by atoms with van der Waals surface area (Å²) >= 11 is 0. The Bertz CT molecular complexity index is 923. The smallest absolute Gasteiger partial charge is 0.310 e. The highest BCUT2D eigenvalue weighted by Gasteiger charge is 2.33. The number of benzene rings is 2. The monoisotopic (exact) mass is 413 g/mol. The van der Waals surface area contributed by atoms with Crippen molar-refractivity contribution in [1.29, 1.82) is 0 Å². The van der Waals surface area contributed by atoms with Crippen molar-refractivity contribution in [3.05, 3.63) is 53.3 Å². The van der Waals surface area contributed by atoms with Crippen molar-refractivity contribution in [2.24, 2.45) is 5.92 Å². The van der Waals surface area contributed by atoms with Gasteiger partial charge in [-0.2, -0.15) is 0 Å². The third-order valence-electron chi connectivity index (χ3n) is 5.26. The lowest BCUT2D eigenvalue weighted by Gasteiger charge is -2.23. The van der Waals surface area contributed by atoms with Gasteiger partial charge in [0.2, 0.25) is 5.91 Å². The Labute approximate surface area is 176 Å². The minimum Gasteiger partial charge on any atom is -0.496 e. The predicted octanol–water partition coefficient (Wildman–Crippen LogP) is 4.37. The Morgan fingerprint density at radius 3 is 2.50 bits per heavy atom. The van der Waals surface area contributed by atoms with Gasteiger partial charge >= 0.3 is 5.97 Å². The van der Waals surface area contributed by atoms with Crippen molar-refractivity contribution in [2.75, 3.05) is 20.3 Å². The highest BCUT2D eigenvalue weighted by molar-refractivity contribution is 5.82. The lowest BCUT2D eigenvalue weighted by molar-refractivity contribution is -0.142. The van der Waals surface area contributed by atoms with Gasteiger partial charge in [0.15, 0.2) is 0 Å². The summed E-state index contributed by atoms with van der Waals surface area (Å²) in [6.45, 7) is 4.91. The molecule has 0 atom stereocenters. The maximum absolute atomic E-state index is 14.1. The van der Waals surface area contributed by atoms with Crippen LogP contribution >= 0.6 is 0 Å². The van der Waals surface area contributed by atoms with Crippen molar-refractivity contribution in [3.8, 4) is 16.9 Å². The van der Waals surface area contributed by atoms with Gasteiger partial charge in [0, 0.05) is 24.6 Å². The molecule has 1 aliphatic rings. The molecular weight excluding hydrogens is 385 g/mol. The van der Waals surface area contributed by atoms with Crippen LogP contribution in [0.2, 0.25) is 0 Å². The molecule has 0 aromatic heterocycles. The van der Waals surface area contributed by atoms with Crippen LogP contribution in [0.5, 0.6) is 5.75 Å². The quantitative estimate of drug-likeness (QED) is 0.573.